The minimum atomic E-state index is -0.387. The molecule has 0 amide bonds. The summed E-state index contributed by atoms with van der Waals surface area (Å²) >= 11 is 0. The summed E-state index contributed by atoms with van der Waals surface area (Å²) in [4.78, 5) is 22.5. The monoisotopic (exact) mass is 326 g/mol. The maximum Gasteiger partial charge on any atom is 0.227 e. The van der Waals surface area contributed by atoms with Crippen LogP contribution in [0.4, 0.5) is 17.5 Å². The number of benzene rings is 1. The molecule has 0 radical (unpaired) electrons. The highest BCUT2D eigenvalue weighted by Crippen LogP contribution is 2.32. The lowest BCUT2D eigenvalue weighted by Crippen LogP contribution is -2.27. The van der Waals surface area contributed by atoms with Crippen LogP contribution in [0.25, 0.3) is 0 Å². The molecule has 0 bridgehead atoms. The lowest BCUT2D eigenvalue weighted by molar-refractivity contribution is -0.109. The molecule has 1 aliphatic heterocycles. The summed E-state index contributed by atoms with van der Waals surface area (Å²) in [5, 5.41) is 6.48. The van der Waals surface area contributed by atoms with Crippen LogP contribution in [-0.2, 0) is 11.3 Å². The standard InChI is InChI=1S/C17H22N6O/c1-11-3-5-12(6-4-11)20-16-15-13(9-19-14(15)10-24)21-17(22-16)23(2)8-7-18/h3-6,10,14,19H,7-9,18H2,1-2H3,(H,20,21,22). The third-order valence-electron chi connectivity index (χ3n) is 4.07. The van der Waals surface area contributed by atoms with Gasteiger partial charge in [0, 0.05) is 37.9 Å². The van der Waals surface area contributed by atoms with Gasteiger partial charge in [-0.3, -0.25) is 5.32 Å². The number of nitrogens with two attached hydrogens (primary N) is 1. The highest BCUT2D eigenvalue weighted by atomic mass is 16.1. The highest BCUT2D eigenvalue weighted by molar-refractivity contribution is 5.72. The van der Waals surface area contributed by atoms with E-state index in [1.807, 2.05) is 43.1 Å². The number of anilines is 3. The van der Waals surface area contributed by atoms with Gasteiger partial charge in [-0.25, -0.2) is 4.98 Å². The maximum absolute atomic E-state index is 11.4. The Bertz CT molecular complexity index is 731. The Hall–Kier alpha value is -2.51. The first-order chi connectivity index (χ1) is 11.6. The molecule has 0 fully saturated rings. The topological polar surface area (TPSA) is 96.2 Å². The van der Waals surface area contributed by atoms with Gasteiger partial charge in [0.25, 0.3) is 0 Å². The van der Waals surface area contributed by atoms with Crippen molar-refractivity contribution >= 4 is 23.7 Å². The van der Waals surface area contributed by atoms with E-state index in [2.05, 4.69) is 20.6 Å². The van der Waals surface area contributed by atoms with Crippen LogP contribution in [0.3, 0.4) is 0 Å². The number of aryl methyl sites for hydroxylation is 1. The molecule has 7 nitrogen and oxygen atoms in total. The molecule has 1 aliphatic rings. The normalized spacial score (nSPS) is 15.9. The number of fused-ring (bicyclic) bond motifs is 1. The molecule has 0 saturated carbocycles. The zero-order valence-corrected chi connectivity index (χ0v) is 13.9. The fourth-order valence-corrected chi connectivity index (χ4v) is 2.72. The smallest absolute Gasteiger partial charge is 0.227 e. The summed E-state index contributed by atoms with van der Waals surface area (Å²) in [6.45, 7) is 3.77. The number of nitrogens with zero attached hydrogens (tertiary/aromatic N) is 3. The van der Waals surface area contributed by atoms with Crippen molar-refractivity contribution in [2.45, 2.75) is 19.5 Å². The number of carbonyl (C=O) groups excluding carboxylic acids is 1. The SMILES string of the molecule is Cc1ccc(Nc2nc(N(C)CCN)nc3c2C(C=O)NC3)cc1. The Morgan fingerprint density at radius 1 is 1.38 bits per heavy atom. The second-order valence-electron chi connectivity index (χ2n) is 5.93. The van der Waals surface area contributed by atoms with Crippen LogP contribution in [0.2, 0.25) is 0 Å². The Labute approximate surface area is 141 Å². The molecule has 1 aromatic carbocycles. The van der Waals surface area contributed by atoms with Crippen molar-refractivity contribution in [3.05, 3.63) is 41.1 Å². The molecule has 1 aromatic heterocycles. The Balaban J connectivity index is 2.01. The average molecular weight is 326 g/mol. The Kier molecular flexibility index (Phi) is 4.73. The van der Waals surface area contributed by atoms with Crippen LogP contribution in [0.1, 0.15) is 22.9 Å². The number of aldehydes is 1. The summed E-state index contributed by atoms with van der Waals surface area (Å²) in [6, 6.07) is 7.65. The summed E-state index contributed by atoms with van der Waals surface area (Å²) < 4.78 is 0. The molecule has 2 aromatic rings. The first-order valence-corrected chi connectivity index (χ1v) is 7.96. The van der Waals surface area contributed by atoms with Crippen LogP contribution >= 0.6 is 0 Å². The van der Waals surface area contributed by atoms with Crippen molar-refractivity contribution in [3.8, 4) is 0 Å². The molecule has 126 valence electrons. The molecule has 7 heteroatoms. The largest absolute Gasteiger partial charge is 0.343 e. The zero-order valence-electron chi connectivity index (χ0n) is 13.9. The second-order valence-corrected chi connectivity index (χ2v) is 5.93. The van der Waals surface area contributed by atoms with Gasteiger partial charge in [0.2, 0.25) is 5.95 Å². The molecule has 1 atom stereocenters. The molecule has 0 spiro atoms. The first-order valence-electron chi connectivity index (χ1n) is 7.96. The van der Waals surface area contributed by atoms with Gasteiger partial charge in [-0.1, -0.05) is 17.7 Å². The number of likely N-dealkylation sites (N-methyl/N-ethyl adjacent to an activating group) is 1. The summed E-state index contributed by atoms with van der Waals surface area (Å²) in [6.07, 6.45) is 0.888. The van der Waals surface area contributed by atoms with Crippen molar-refractivity contribution in [2.24, 2.45) is 5.73 Å². The third kappa shape index (κ3) is 3.22. The van der Waals surface area contributed by atoms with Crippen LogP contribution < -0.4 is 21.3 Å². The summed E-state index contributed by atoms with van der Waals surface area (Å²) in [7, 11) is 1.91. The van der Waals surface area contributed by atoms with E-state index < -0.39 is 0 Å². The molecule has 2 heterocycles. The number of nitrogens with one attached hydrogen (secondary N) is 2. The van der Waals surface area contributed by atoms with Crippen molar-refractivity contribution in [3.63, 3.8) is 0 Å². The molecule has 3 rings (SSSR count). The van der Waals surface area contributed by atoms with Gasteiger partial charge in [-0.2, -0.15) is 4.98 Å². The quantitative estimate of drug-likeness (QED) is 0.688. The van der Waals surface area contributed by atoms with Crippen molar-refractivity contribution in [2.75, 3.05) is 30.4 Å². The number of hydrogen-bond acceptors (Lipinski definition) is 7. The van der Waals surface area contributed by atoms with E-state index in [0.717, 1.165) is 23.2 Å². The number of aromatic nitrogens is 2. The van der Waals surface area contributed by atoms with E-state index in [-0.39, 0.29) is 6.04 Å². The van der Waals surface area contributed by atoms with Gasteiger partial charge in [0.15, 0.2) is 0 Å². The molecular formula is C17H22N6O. The minimum Gasteiger partial charge on any atom is -0.343 e. The molecule has 0 aliphatic carbocycles. The molecule has 1 unspecified atom stereocenters. The molecule has 4 N–H and O–H groups in total. The van der Waals surface area contributed by atoms with Crippen molar-refractivity contribution in [1.82, 2.24) is 15.3 Å². The zero-order chi connectivity index (χ0) is 17.1. The van der Waals surface area contributed by atoms with E-state index in [9.17, 15) is 4.79 Å². The molecule has 0 saturated heterocycles. The summed E-state index contributed by atoms with van der Waals surface area (Å²) in [5.41, 5.74) is 9.39. The number of rotatable bonds is 6. The van der Waals surface area contributed by atoms with Gasteiger partial charge in [0.05, 0.1) is 11.7 Å². The van der Waals surface area contributed by atoms with Crippen LogP contribution in [0, 0.1) is 6.92 Å². The fourth-order valence-electron chi connectivity index (χ4n) is 2.72. The van der Waals surface area contributed by atoms with Crippen LogP contribution in [-0.4, -0.2) is 36.4 Å². The van der Waals surface area contributed by atoms with E-state index in [1.54, 1.807) is 0 Å². The van der Waals surface area contributed by atoms with Gasteiger partial charge in [-0.05, 0) is 19.1 Å². The Morgan fingerprint density at radius 2 is 2.12 bits per heavy atom. The van der Waals surface area contributed by atoms with Gasteiger partial charge in [0.1, 0.15) is 12.1 Å². The number of hydrogen-bond donors (Lipinski definition) is 3. The minimum absolute atomic E-state index is 0.387. The molecule has 24 heavy (non-hydrogen) atoms. The third-order valence-corrected chi connectivity index (χ3v) is 4.07. The molecular weight excluding hydrogens is 304 g/mol. The van der Waals surface area contributed by atoms with Crippen LogP contribution in [0.15, 0.2) is 24.3 Å². The maximum atomic E-state index is 11.4. The lowest BCUT2D eigenvalue weighted by atomic mass is 10.1. The van der Waals surface area contributed by atoms with Crippen molar-refractivity contribution in [1.29, 1.82) is 0 Å². The lowest BCUT2D eigenvalue weighted by Gasteiger charge is -2.19. The van der Waals surface area contributed by atoms with Gasteiger partial charge in [-0.15, -0.1) is 0 Å². The predicted octanol–water partition coefficient (Wildman–Crippen LogP) is 1.27. The van der Waals surface area contributed by atoms with Crippen molar-refractivity contribution < 1.29 is 4.79 Å². The van der Waals surface area contributed by atoms with E-state index >= 15 is 0 Å². The fraction of sp³-hybridized carbons (Fsp3) is 0.353. The van der Waals surface area contributed by atoms with Gasteiger partial charge >= 0.3 is 0 Å². The van der Waals surface area contributed by atoms with E-state index in [4.69, 9.17) is 5.73 Å². The summed E-state index contributed by atoms with van der Waals surface area (Å²) in [5.74, 6) is 1.26. The van der Waals surface area contributed by atoms with E-state index in [1.165, 1.54) is 5.56 Å². The highest BCUT2D eigenvalue weighted by Gasteiger charge is 2.28. The van der Waals surface area contributed by atoms with Crippen LogP contribution in [0.5, 0.6) is 0 Å². The van der Waals surface area contributed by atoms with E-state index in [0.29, 0.717) is 31.4 Å². The second kappa shape index (κ2) is 6.94. The number of carbonyl (C=O) groups is 1. The first kappa shape index (κ1) is 16.4. The Morgan fingerprint density at radius 3 is 2.79 bits per heavy atom. The average Bonchev–Trinajstić information content (AvgIpc) is 3.00. The van der Waals surface area contributed by atoms with Gasteiger partial charge < -0.3 is 20.7 Å². The predicted molar refractivity (Wildman–Crippen MR) is 94.5 cm³/mol.